The van der Waals surface area contributed by atoms with Gasteiger partial charge in [0.1, 0.15) is 0 Å². The van der Waals surface area contributed by atoms with Gasteiger partial charge in [0.05, 0.1) is 6.61 Å². The summed E-state index contributed by atoms with van der Waals surface area (Å²) >= 11 is 5.04. The highest BCUT2D eigenvalue weighted by molar-refractivity contribution is 9.10. The van der Waals surface area contributed by atoms with Gasteiger partial charge in [0.15, 0.2) is 0 Å². The fourth-order valence-electron chi connectivity index (χ4n) is 1.86. The van der Waals surface area contributed by atoms with Gasteiger partial charge in [0, 0.05) is 30.2 Å². The summed E-state index contributed by atoms with van der Waals surface area (Å²) < 4.78 is 6.01. The van der Waals surface area contributed by atoms with Crippen LogP contribution < -0.4 is 0 Å². The van der Waals surface area contributed by atoms with Crippen molar-refractivity contribution in [1.82, 2.24) is 4.90 Å². The van der Waals surface area contributed by atoms with Crippen LogP contribution in [0.1, 0.15) is 15.9 Å². The van der Waals surface area contributed by atoms with Crippen LogP contribution in [0.2, 0.25) is 0 Å². The number of benzene rings is 1. The zero-order valence-corrected chi connectivity index (χ0v) is 13.6. The predicted octanol–water partition coefficient (Wildman–Crippen LogP) is 3.80. The number of methoxy groups -OCH3 is 1. The molecule has 0 fully saturated rings. The number of amides is 1. The molecule has 0 saturated heterocycles. The number of rotatable bonds is 6. The number of hydrogen-bond acceptors (Lipinski definition) is 3. The summed E-state index contributed by atoms with van der Waals surface area (Å²) in [5.41, 5.74) is 1.83. The maximum atomic E-state index is 12.6. The molecule has 0 radical (unpaired) electrons. The van der Waals surface area contributed by atoms with E-state index in [1.165, 1.54) is 0 Å². The number of carbonyl (C=O) groups is 1. The number of thiophene rings is 1. The van der Waals surface area contributed by atoms with Gasteiger partial charge in [-0.25, -0.2) is 0 Å². The van der Waals surface area contributed by atoms with E-state index >= 15 is 0 Å². The number of ether oxygens (including phenoxy) is 1. The van der Waals surface area contributed by atoms with Crippen molar-refractivity contribution in [3.05, 3.63) is 56.7 Å². The Bertz CT molecular complexity index is 557. The average Bonchev–Trinajstić information content (AvgIpc) is 2.95. The maximum Gasteiger partial charge on any atom is 0.254 e. The molecule has 0 unspecified atom stereocenters. The topological polar surface area (TPSA) is 29.5 Å². The van der Waals surface area contributed by atoms with Crippen molar-refractivity contribution in [3.63, 3.8) is 0 Å². The molecule has 3 nitrogen and oxygen atoms in total. The molecule has 0 N–H and O–H groups in total. The molecule has 2 aromatic rings. The normalized spacial score (nSPS) is 10.5. The minimum Gasteiger partial charge on any atom is -0.383 e. The fourth-order valence-corrected chi connectivity index (χ4v) is 2.92. The van der Waals surface area contributed by atoms with Crippen molar-refractivity contribution < 1.29 is 9.53 Å². The average molecular weight is 354 g/mol. The molecule has 20 heavy (non-hydrogen) atoms. The summed E-state index contributed by atoms with van der Waals surface area (Å²) in [4.78, 5) is 14.4. The standard InChI is InChI=1S/C15H16BrNO2S/c1-19-7-6-17(10-12-5-8-20-11-12)15(18)13-3-2-4-14(16)9-13/h2-5,8-9,11H,6-7,10H2,1H3. The molecule has 0 atom stereocenters. The van der Waals surface area contributed by atoms with E-state index in [1.54, 1.807) is 18.4 Å². The molecule has 0 bridgehead atoms. The van der Waals surface area contributed by atoms with Gasteiger partial charge in [-0.05, 0) is 40.6 Å². The van der Waals surface area contributed by atoms with Gasteiger partial charge in [-0.3, -0.25) is 4.79 Å². The van der Waals surface area contributed by atoms with Crippen molar-refractivity contribution in [2.75, 3.05) is 20.3 Å². The molecule has 106 valence electrons. The van der Waals surface area contributed by atoms with Crippen molar-refractivity contribution >= 4 is 33.2 Å². The lowest BCUT2D eigenvalue weighted by Gasteiger charge is -2.22. The van der Waals surface area contributed by atoms with Gasteiger partial charge in [-0.15, -0.1) is 0 Å². The summed E-state index contributed by atoms with van der Waals surface area (Å²) in [6, 6.07) is 9.50. The molecule has 1 aromatic carbocycles. The van der Waals surface area contributed by atoms with Crippen molar-refractivity contribution in [2.24, 2.45) is 0 Å². The van der Waals surface area contributed by atoms with E-state index in [-0.39, 0.29) is 5.91 Å². The van der Waals surface area contributed by atoms with E-state index in [0.29, 0.717) is 25.3 Å². The molecule has 0 aliphatic carbocycles. The number of carbonyl (C=O) groups excluding carboxylic acids is 1. The third-order valence-electron chi connectivity index (χ3n) is 2.88. The zero-order chi connectivity index (χ0) is 14.4. The van der Waals surface area contributed by atoms with Gasteiger partial charge < -0.3 is 9.64 Å². The van der Waals surface area contributed by atoms with Crippen LogP contribution in [0.15, 0.2) is 45.6 Å². The minimum atomic E-state index is 0.0227. The first-order valence-corrected chi connectivity index (χ1v) is 7.99. The van der Waals surface area contributed by atoms with Crippen LogP contribution in [0.25, 0.3) is 0 Å². The highest BCUT2D eigenvalue weighted by Crippen LogP contribution is 2.16. The molecule has 5 heteroatoms. The Morgan fingerprint density at radius 1 is 1.40 bits per heavy atom. The quantitative estimate of drug-likeness (QED) is 0.790. The lowest BCUT2D eigenvalue weighted by Crippen LogP contribution is -2.33. The van der Waals surface area contributed by atoms with Gasteiger partial charge in [0.2, 0.25) is 0 Å². The second-order valence-electron chi connectivity index (χ2n) is 4.36. The summed E-state index contributed by atoms with van der Waals surface area (Å²) in [6.07, 6.45) is 0. The number of halogens is 1. The maximum absolute atomic E-state index is 12.6. The van der Waals surface area contributed by atoms with Crippen LogP contribution >= 0.6 is 27.3 Å². The van der Waals surface area contributed by atoms with Crippen LogP contribution in [0, 0.1) is 0 Å². The second-order valence-corrected chi connectivity index (χ2v) is 6.06. The van der Waals surface area contributed by atoms with Crippen LogP contribution in [-0.2, 0) is 11.3 Å². The third kappa shape index (κ3) is 4.16. The van der Waals surface area contributed by atoms with Gasteiger partial charge in [0.25, 0.3) is 5.91 Å². The van der Waals surface area contributed by atoms with Crippen LogP contribution in [0.3, 0.4) is 0 Å². The Morgan fingerprint density at radius 2 is 2.25 bits per heavy atom. The largest absolute Gasteiger partial charge is 0.383 e. The van der Waals surface area contributed by atoms with Crippen molar-refractivity contribution in [3.8, 4) is 0 Å². The molecule has 1 heterocycles. The highest BCUT2D eigenvalue weighted by atomic mass is 79.9. The zero-order valence-electron chi connectivity index (χ0n) is 11.2. The van der Waals surface area contributed by atoms with E-state index in [9.17, 15) is 4.79 Å². The molecule has 1 amide bonds. The van der Waals surface area contributed by atoms with Crippen LogP contribution in [-0.4, -0.2) is 31.1 Å². The van der Waals surface area contributed by atoms with E-state index < -0.39 is 0 Å². The Labute approximate surface area is 131 Å². The van der Waals surface area contributed by atoms with Gasteiger partial charge >= 0.3 is 0 Å². The molecular formula is C15H16BrNO2S. The molecular weight excluding hydrogens is 338 g/mol. The molecule has 1 aromatic heterocycles. The Morgan fingerprint density at radius 3 is 2.90 bits per heavy atom. The van der Waals surface area contributed by atoms with Crippen LogP contribution in [0.5, 0.6) is 0 Å². The lowest BCUT2D eigenvalue weighted by atomic mass is 10.2. The van der Waals surface area contributed by atoms with E-state index in [4.69, 9.17) is 4.74 Å². The summed E-state index contributed by atoms with van der Waals surface area (Å²) in [5.74, 6) is 0.0227. The molecule has 0 aliphatic heterocycles. The smallest absolute Gasteiger partial charge is 0.254 e. The van der Waals surface area contributed by atoms with E-state index in [1.807, 2.05) is 40.6 Å². The Hall–Kier alpha value is -1.17. The summed E-state index contributed by atoms with van der Waals surface area (Å²) in [7, 11) is 1.65. The minimum absolute atomic E-state index is 0.0227. The Kier molecular flexibility index (Phi) is 5.76. The van der Waals surface area contributed by atoms with Crippen molar-refractivity contribution in [1.29, 1.82) is 0 Å². The van der Waals surface area contributed by atoms with E-state index in [2.05, 4.69) is 21.3 Å². The van der Waals surface area contributed by atoms with E-state index in [0.717, 1.165) is 10.0 Å². The first-order valence-electron chi connectivity index (χ1n) is 6.25. The third-order valence-corrected chi connectivity index (χ3v) is 4.10. The number of hydrogen-bond donors (Lipinski definition) is 0. The van der Waals surface area contributed by atoms with Gasteiger partial charge in [-0.1, -0.05) is 22.0 Å². The molecule has 2 rings (SSSR count). The van der Waals surface area contributed by atoms with Gasteiger partial charge in [-0.2, -0.15) is 11.3 Å². The molecule has 0 spiro atoms. The molecule has 0 saturated carbocycles. The second kappa shape index (κ2) is 7.57. The first kappa shape index (κ1) is 15.2. The predicted molar refractivity (Wildman–Crippen MR) is 85.1 cm³/mol. The first-order chi connectivity index (χ1) is 9.70. The highest BCUT2D eigenvalue weighted by Gasteiger charge is 2.16. The van der Waals surface area contributed by atoms with Crippen molar-refractivity contribution in [2.45, 2.75) is 6.54 Å². The monoisotopic (exact) mass is 353 g/mol. The lowest BCUT2D eigenvalue weighted by molar-refractivity contribution is 0.0680. The van der Waals surface area contributed by atoms with Crippen LogP contribution in [0.4, 0.5) is 0 Å². The fraction of sp³-hybridized carbons (Fsp3) is 0.267. The SMILES string of the molecule is COCCN(Cc1ccsc1)C(=O)c1cccc(Br)c1. The molecule has 0 aliphatic rings. The number of nitrogens with zero attached hydrogens (tertiary/aromatic N) is 1. The summed E-state index contributed by atoms with van der Waals surface area (Å²) in [5, 5.41) is 4.08. The Balaban J connectivity index is 2.14. The summed E-state index contributed by atoms with van der Waals surface area (Å²) in [6.45, 7) is 1.72.